The van der Waals surface area contributed by atoms with Gasteiger partial charge in [0, 0.05) is 111 Å². The maximum Gasteiger partial charge on any atom is 0.303 e. The van der Waals surface area contributed by atoms with Crippen molar-refractivity contribution in [1.82, 2.24) is 5.32 Å². The smallest absolute Gasteiger partial charge is 0.303 e. The second-order valence-corrected chi connectivity index (χ2v) is 25.8. The van der Waals surface area contributed by atoms with Gasteiger partial charge in [-0.25, -0.2) is 0 Å². The monoisotopic (exact) mass is 1600 g/mol. The zero-order chi connectivity index (χ0) is 82.7. The van der Waals surface area contributed by atoms with Gasteiger partial charge in [-0.1, -0.05) is 0 Å². The van der Waals surface area contributed by atoms with E-state index in [1.54, 1.807) is 0 Å². The lowest BCUT2D eigenvalue weighted by molar-refractivity contribution is -0.399. The van der Waals surface area contributed by atoms with Gasteiger partial charge in [0.25, 0.3) is 0 Å². The fraction of sp³-hybridized carbons (Fsp3) is 0.735. The van der Waals surface area contributed by atoms with Crippen molar-refractivity contribution in [3.8, 4) is 0 Å². The number of rotatable bonds is 30. The average molecular weight is 1600 g/mol. The van der Waals surface area contributed by atoms with Gasteiger partial charge in [-0.2, -0.15) is 0 Å². The van der Waals surface area contributed by atoms with E-state index in [0.29, 0.717) is 0 Å². The lowest BCUT2D eigenvalue weighted by atomic mass is 9.93. The summed E-state index contributed by atoms with van der Waals surface area (Å²) in [5.41, 5.74) is 0. The minimum Gasteiger partial charge on any atom is -0.492 e. The maximum atomic E-state index is 14.3. The average Bonchev–Trinajstić information content (AvgIpc) is 0.755. The fourth-order valence-electron chi connectivity index (χ4n) is 12.7. The molecule has 6 heterocycles. The molecule has 6 aliphatic rings. The van der Waals surface area contributed by atoms with Crippen molar-refractivity contribution < 1.29 is 200 Å². The Morgan fingerprint density at radius 3 is 0.910 bits per heavy atom. The van der Waals surface area contributed by atoms with Crippen LogP contribution in [0.15, 0.2) is 12.3 Å². The molecule has 43 nitrogen and oxygen atoms in total. The minimum atomic E-state index is -2.42. The molecule has 622 valence electrons. The fourth-order valence-corrected chi connectivity index (χ4v) is 12.7. The molecule has 6 rings (SSSR count). The largest absolute Gasteiger partial charge is 0.492 e. The summed E-state index contributed by atoms with van der Waals surface area (Å²) < 4.78 is 157. The predicted octanol–water partition coefficient (Wildman–Crippen LogP) is -1.51. The van der Waals surface area contributed by atoms with Gasteiger partial charge in [-0.05, 0) is 19.9 Å². The number of carbonyl (C=O) groups excluding carboxylic acids is 16. The normalized spacial score (nSPS) is 34.3. The van der Waals surface area contributed by atoms with E-state index >= 15 is 0 Å². The standard InChI is InChI=1S/C68H93NO42/c1-25-49(94-33(9)76)56(98-37(13)80)60(101-40(16)83)65(91-25)109-55-48(69-27(3)70)64(110-59-54(97-36(12)79)47(24-90-31(7)74)105-67(62(59)103-42(18)85)107-51-43(93-32(8)75)19-20-86-44(51)21-87-28(4)71)104-45(22-88-29(5)72)52(55)108-68-63(58(100-39(15)82)53(96-35(11)78)46(106-68)23-89-30(6)73)111-66-61(102-41(17)84)57(99-38(14)81)50(26(2)92-66)95-34(10)77/h19-20,25-26,43-68H,21-24H2,1-18H3,(H,69,70)/t25-,26-,43+,44+,45+,46+,47+,48+,49+,50+,51-,52+,53-,54-,55+,56+,57+,58-,59-,60-,61-,62+,63+,64-,65-,66-,67-,68-/m0/s1. The third-order valence-corrected chi connectivity index (χ3v) is 16.4. The maximum absolute atomic E-state index is 14.3. The molecule has 0 spiro atoms. The van der Waals surface area contributed by atoms with Crippen molar-refractivity contribution in [3.63, 3.8) is 0 Å². The van der Waals surface area contributed by atoms with E-state index in [9.17, 15) is 76.7 Å². The molecular formula is C68H93NO42. The highest BCUT2D eigenvalue weighted by Crippen LogP contribution is 2.42. The van der Waals surface area contributed by atoms with Crippen LogP contribution in [0.5, 0.6) is 0 Å². The van der Waals surface area contributed by atoms with E-state index in [4.69, 9.17) is 123 Å². The van der Waals surface area contributed by atoms with Crippen molar-refractivity contribution in [1.29, 1.82) is 0 Å². The van der Waals surface area contributed by atoms with Gasteiger partial charge in [-0.15, -0.1) is 0 Å². The van der Waals surface area contributed by atoms with Gasteiger partial charge in [0.1, 0.15) is 75.2 Å². The first-order valence-electron chi connectivity index (χ1n) is 34.6. The van der Waals surface area contributed by atoms with Crippen LogP contribution < -0.4 is 5.32 Å². The van der Waals surface area contributed by atoms with Gasteiger partial charge < -0.3 is 128 Å². The number of carbonyl (C=O) groups is 16. The molecule has 0 radical (unpaired) electrons. The Kier molecular flexibility index (Phi) is 33.7. The van der Waals surface area contributed by atoms with E-state index in [2.05, 4.69) is 5.32 Å². The van der Waals surface area contributed by atoms with Gasteiger partial charge >= 0.3 is 89.5 Å². The van der Waals surface area contributed by atoms with Crippen LogP contribution in [-0.2, 0) is 200 Å². The summed E-state index contributed by atoms with van der Waals surface area (Å²) in [6.45, 7) is 14.3. The van der Waals surface area contributed by atoms with Crippen LogP contribution in [0.1, 0.15) is 125 Å². The van der Waals surface area contributed by atoms with Gasteiger partial charge in [0.15, 0.2) is 111 Å². The first kappa shape index (κ1) is 90.5. The van der Waals surface area contributed by atoms with E-state index in [1.807, 2.05) is 0 Å². The van der Waals surface area contributed by atoms with Gasteiger partial charge in [-0.3, -0.25) is 76.7 Å². The highest BCUT2D eigenvalue weighted by molar-refractivity contribution is 5.74. The molecule has 6 aliphatic heterocycles. The first-order valence-corrected chi connectivity index (χ1v) is 34.6. The SMILES string of the molecule is CC(=O)N[C@H]1[C@H](O[C@H]2[C@@H](OC(C)=O)[C@@H](COC(C)=O)O[C@@H](O[C@H]3[C@H](OC(C)=O)C=CO[C@@H]3COC(C)=O)[C@@H]2OC(C)=O)O[C@H](COC(C)=O)[C@@H](O[C@@H]2O[C@H](COC(C)=O)[C@H](OC(C)=O)[C@H](OC(C)=O)[C@H]2O[C@@H]2O[C@@H](C)[C@@H](OC(C)=O)[C@@H](OC(C)=O)[C@@H]2OC(C)=O)[C@@H]1O[C@@H]1O[C@@H](C)[C@@H](OC(C)=O)[C@@H](OC(C)=O)[C@@H]1OC(C)=O. The summed E-state index contributed by atoms with van der Waals surface area (Å²) in [4.78, 5) is 211. The molecule has 5 saturated heterocycles. The molecule has 5 fully saturated rings. The molecule has 0 aromatic carbocycles. The van der Waals surface area contributed by atoms with Crippen LogP contribution in [0.4, 0.5) is 0 Å². The molecule has 111 heavy (non-hydrogen) atoms. The molecule has 0 aromatic heterocycles. The van der Waals surface area contributed by atoms with Crippen LogP contribution in [0, 0.1) is 0 Å². The molecule has 0 aromatic rings. The topological polar surface area (TPSA) is 525 Å². The van der Waals surface area contributed by atoms with Crippen molar-refractivity contribution in [3.05, 3.63) is 12.3 Å². The van der Waals surface area contributed by atoms with Crippen LogP contribution in [-0.4, -0.2) is 294 Å². The number of hydrogen-bond acceptors (Lipinski definition) is 42. The van der Waals surface area contributed by atoms with E-state index in [-0.39, 0.29) is 0 Å². The lowest BCUT2D eigenvalue weighted by Gasteiger charge is -2.53. The van der Waals surface area contributed by atoms with Gasteiger partial charge in [0.05, 0.1) is 18.5 Å². The quantitative estimate of drug-likeness (QED) is 0.0631. The first-order chi connectivity index (χ1) is 52.0. The summed E-state index contributed by atoms with van der Waals surface area (Å²) in [5.74, 6) is -16.7. The minimum absolute atomic E-state index is 0.615. The summed E-state index contributed by atoms with van der Waals surface area (Å²) in [7, 11) is 0. The van der Waals surface area contributed by atoms with Crippen molar-refractivity contribution >= 4 is 95.4 Å². The Hall–Kier alpha value is -9.34. The number of nitrogens with one attached hydrogen (secondary N) is 1. The highest BCUT2D eigenvalue weighted by atomic mass is 16.8. The second-order valence-electron chi connectivity index (χ2n) is 25.8. The van der Waals surface area contributed by atoms with Crippen LogP contribution in [0.3, 0.4) is 0 Å². The van der Waals surface area contributed by atoms with Crippen molar-refractivity contribution in [2.75, 3.05) is 26.4 Å². The number of esters is 15. The summed E-state index contributed by atoms with van der Waals surface area (Å²) in [6.07, 6.45) is -50.6. The Balaban J connectivity index is 1.73. The Bertz CT molecular complexity index is 3400. The van der Waals surface area contributed by atoms with Crippen molar-refractivity contribution in [2.24, 2.45) is 0 Å². The molecule has 43 heteroatoms. The molecule has 0 bridgehead atoms. The molecule has 1 amide bonds. The van der Waals surface area contributed by atoms with Crippen LogP contribution in [0.2, 0.25) is 0 Å². The predicted molar refractivity (Wildman–Crippen MR) is 348 cm³/mol. The number of ether oxygens (including phenoxy) is 26. The number of hydrogen-bond donors (Lipinski definition) is 1. The summed E-state index contributed by atoms with van der Waals surface area (Å²) in [5, 5.41) is 2.62. The summed E-state index contributed by atoms with van der Waals surface area (Å²) in [6, 6.07) is -2.18. The molecular weight excluding hydrogens is 1500 g/mol. The Morgan fingerprint density at radius 1 is 0.261 bits per heavy atom. The second kappa shape index (κ2) is 41.3. The Labute approximate surface area is 634 Å². The van der Waals surface area contributed by atoms with E-state index in [1.165, 1.54) is 19.9 Å². The number of amides is 1. The third-order valence-electron chi connectivity index (χ3n) is 16.4. The van der Waals surface area contributed by atoms with E-state index in [0.717, 1.165) is 117 Å². The zero-order valence-electron chi connectivity index (χ0n) is 63.8. The third kappa shape index (κ3) is 26.4. The summed E-state index contributed by atoms with van der Waals surface area (Å²) >= 11 is 0. The molecule has 28 atom stereocenters. The van der Waals surface area contributed by atoms with Gasteiger partial charge in [0.2, 0.25) is 5.91 Å². The Morgan fingerprint density at radius 2 is 0.532 bits per heavy atom. The molecule has 1 N–H and O–H groups in total. The zero-order valence-corrected chi connectivity index (χ0v) is 63.8. The van der Waals surface area contributed by atoms with Crippen molar-refractivity contribution in [2.45, 2.75) is 296 Å². The highest BCUT2D eigenvalue weighted by Gasteiger charge is 2.63. The van der Waals surface area contributed by atoms with E-state index < -0.39 is 294 Å². The molecule has 0 aliphatic carbocycles. The van der Waals surface area contributed by atoms with Crippen LogP contribution >= 0.6 is 0 Å². The van der Waals surface area contributed by atoms with Crippen LogP contribution in [0.25, 0.3) is 0 Å². The molecule has 0 saturated carbocycles. The molecule has 0 unspecified atom stereocenters. The lowest BCUT2D eigenvalue weighted by Crippen LogP contribution is -2.72.